The summed E-state index contributed by atoms with van der Waals surface area (Å²) in [6.45, 7) is 0. The monoisotopic (exact) mass is 316 g/mol. The molecule has 0 saturated heterocycles. The maximum absolute atomic E-state index is 12.3. The summed E-state index contributed by atoms with van der Waals surface area (Å²) in [4.78, 5) is 22.4. The van der Waals surface area contributed by atoms with E-state index in [1.165, 1.54) is 28.2 Å². The molecule has 0 aliphatic heterocycles. The number of hydrogen-bond acceptors (Lipinski definition) is 6. The number of anilines is 2. The smallest absolute Gasteiger partial charge is 0.269 e. The van der Waals surface area contributed by atoms with Gasteiger partial charge in [-0.15, -0.1) is 22.7 Å². The first-order valence-corrected chi connectivity index (χ1v) is 8.33. The number of aromatic nitrogens is 2. The highest BCUT2D eigenvalue weighted by Gasteiger charge is 2.21. The zero-order chi connectivity index (χ0) is 14.4. The van der Waals surface area contributed by atoms with Gasteiger partial charge in [0.05, 0.1) is 5.69 Å². The van der Waals surface area contributed by atoms with Gasteiger partial charge >= 0.3 is 0 Å². The van der Waals surface area contributed by atoms with Crippen molar-refractivity contribution >= 4 is 49.6 Å². The fraction of sp³-hybridized carbons (Fsp3) is 0.214. The van der Waals surface area contributed by atoms with E-state index in [-0.39, 0.29) is 5.91 Å². The number of amides is 1. The first-order chi connectivity index (χ1) is 10.2. The lowest BCUT2D eigenvalue weighted by atomic mass is 10.1. The molecule has 1 amide bonds. The summed E-state index contributed by atoms with van der Waals surface area (Å²) in [5.41, 5.74) is 9.09. The van der Waals surface area contributed by atoms with Crippen molar-refractivity contribution in [3.63, 3.8) is 0 Å². The molecule has 0 atom stereocenters. The van der Waals surface area contributed by atoms with E-state index in [0.717, 1.165) is 35.2 Å². The zero-order valence-corrected chi connectivity index (χ0v) is 12.7. The molecule has 3 heterocycles. The number of rotatable bonds is 2. The third-order valence-electron chi connectivity index (χ3n) is 3.61. The van der Waals surface area contributed by atoms with Crippen molar-refractivity contribution in [3.05, 3.63) is 33.8 Å². The number of aryl methyl sites for hydroxylation is 2. The Morgan fingerprint density at radius 2 is 2.29 bits per heavy atom. The van der Waals surface area contributed by atoms with Crippen molar-refractivity contribution < 1.29 is 4.79 Å². The van der Waals surface area contributed by atoms with Gasteiger partial charge in [0, 0.05) is 22.7 Å². The van der Waals surface area contributed by atoms with Crippen LogP contribution in [-0.2, 0) is 12.8 Å². The standard InChI is InChI=1S/C14H12N4OS2/c15-10-8-6-7-2-1-3-9(7)17-13(8)21-11(10)12(19)18-14-16-4-5-20-14/h4-6H,1-3,15H2,(H,16,18,19). The van der Waals surface area contributed by atoms with E-state index >= 15 is 0 Å². The highest BCUT2D eigenvalue weighted by Crippen LogP contribution is 2.36. The normalized spacial score (nSPS) is 13.5. The van der Waals surface area contributed by atoms with Crippen molar-refractivity contribution in [1.82, 2.24) is 9.97 Å². The van der Waals surface area contributed by atoms with Gasteiger partial charge in [-0.2, -0.15) is 0 Å². The Bertz CT molecular complexity index is 838. The van der Waals surface area contributed by atoms with Gasteiger partial charge < -0.3 is 5.73 Å². The largest absolute Gasteiger partial charge is 0.397 e. The number of nitrogen functional groups attached to an aromatic ring is 1. The molecule has 0 fully saturated rings. The zero-order valence-electron chi connectivity index (χ0n) is 11.0. The molecule has 4 rings (SSSR count). The minimum atomic E-state index is -0.217. The molecule has 3 N–H and O–H groups in total. The average Bonchev–Trinajstić information content (AvgIpc) is 3.17. The molecule has 7 heteroatoms. The molecule has 0 bridgehead atoms. The number of nitrogens with one attached hydrogen (secondary N) is 1. The van der Waals surface area contributed by atoms with Crippen molar-refractivity contribution in [2.45, 2.75) is 19.3 Å². The molecule has 5 nitrogen and oxygen atoms in total. The molecule has 21 heavy (non-hydrogen) atoms. The highest BCUT2D eigenvalue weighted by molar-refractivity contribution is 7.21. The Labute approximate surface area is 128 Å². The molecule has 106 valence electrons. The van der Waals surface area contributed by atoms with E-state index in [9.17, 15) is 4.79 Å². The SMILES string of the molecule is Nc1c(C(=O)Nc2nccs2)sc2nc3c(cc12)CCC3. The van der Waals surface area contributed by atoms with Crippen molar-refractivity contribution in [3.8, 4) is 0 Å². The molecule has 1 aliphatic rings. The first-order valence-electron chi connectivity index (χ1n) is 6.64. The fourth-order valence-electron chi connectivity index (χ4n) is 2.61. The topological polar surface area (TPSA) is 80.9 Å². The molecular weight excluding hydrogens is 304 g/mol. The summed E-state index contributed by atoms with van der Waals surface area (Å²) < 4.78 is 0. The van der Waals surface area contributed by atoms with Gasteiger partial charge in [0.25, 0.3) is 5.91 Å². The number of carbonyl (C=O) groups is 1. The number of nitrogens with zero attached hydrogens (tertiary/aromatic N) is 2. The van der Waals surface area contributed by atoms with Crippen LogP contribution in [0, 0.1) is 0 Å². The van der Waals surface area contributed by atoms with Crippen LogP contribution in [0.1, 0.15) is 27.3 Å². The maximum Gasteiger partial charge on any atom is 0.269 e. The lowest BCUT2D eigenvalue weighted by molar-refractivity contribution is 0.103. The number of pyridine rings is 1. The number of nitrogens with two attached hydrogens (primary N) is 1. The van der Waals surface area contributed by atoms with Crippen LogP contribution in [0.3, 0.4) is 0 Å². The maximum atomic E-state index is 12.3. The van der Waals surface area contributed by atoms with E-state index in [4.69, 9.17) is 5.73 Å². The summed E-state index contributed by atoms with van der Waals surface area (Å²) in [6, 6.07) is 2.09. The molecule has 0 radical (unpaired) electrons. The second-order valence-electron chi connectivity index (χ2n) is 4.94. The van der Waals surface area contributed by atoms with Crippen molar-refractivity contribution in [1.29, 1.82) is 0 Å². The first kappa shape index (κ1) is 12.7. The minimum Gasteiger partial charge on any atom is -0.397 e. The van der Waals surface area contributed by atoms with E-state index in [1.807, 2.05) is 5.38 Å². The van der Waals surface area contributed by atoms with Crippen LogP contribution in [0.5, 0.6) is 0 Å². The Balaban J connectivity index is 1.75. The molecule has 3 aromatic rings. The van der Waals surface area contributed by atoms with Gasteiger partial charge in [0.1, 0.15) is 9.71 Å². The van der Waals surface area contributed by atoms with Crippen LogP contribution in [0.25, 0.3) is 10.2 Å². The van der Waals surface area contributed by atoms with Gasteiger partial charge in [-0.1, -0.05) is 0 Å². The van der Waals surface area contributed by atoms with Crippen molar-refractivity contribution in [2.24, 2.45) is 0 Å². The van der Waals surface area contributed by atoms with E-state index in [0.29, 0.717) is 15.7 Å². The van der Waals surface area contributed by atoms with E-state index < -0.39 is 0 Å². The van der Waals surface area contributed by atoms with Gasteiger partial charge in [0.15, 0.2) is 5.13 Å². The van der Waals surface area contributed by atoms with Crippen LogP contribution in [0.2, 0.25) is 0 Å². The number of thiazole rings is 1. The Kier molecular flexibility index (Phi) is 2.90. The number of carbonyl (C=O) groups excluding carboxylic acids is 1. The molecule has 0 aromatic carbocycles. The minimum absolute atomic E-state index is 0.217. The molecule has 3 aromatic heterocycles. The fourth-order valence-corrected chi connectivity index (χ4v) is 4.12. The number of fused-ring (bicyclic) bond motifs is 2. The average molecular weight is 316 g/mol. The van der Waals surface area contributed by atoms with Crippen molar-refractivity contribution in [2.75, 3.05) is 11.1 Å². The lowest BCUT2D eigenvalue weighted by Gasteiger charge is -2.00. The summed E-state index contributed by atoms with van der Waals surface area (Å²) in [6.07, 6.45) is 4.87. The molecular formula is C14H12N4OS2. The van der Waals surface area contributed by atoms with Crippen LogP contribution in [0.15, 0.2) is 17.6 Å². The summed E-state index contributed by atoms with van der Waals surface area (Å²) >= 11 is 2.73. The molecule has 0 saturated carbocycles. The third-order valence-corrected chi connectivity index (χ3v) is 5.41. The summed E-state index contributed by atoms with van der Waals surface area (Å²) in [5, 5.41) is 6.05. The van der Waals surface area contributed by atoms with Crippen LogP contribution < -0.4 is 11.1 Å². The van der Waals surface area contributed by atoms with Crippen LogP contribution >= 0.6 is 22.7 Å². The predicted molar refractivity (Wildman–Crippen MR) is 86.1 cm³/mol. The Morgan fingerprint density at radius 1 is 1.38 bits per heavy atom. The van der Waals surface area contributed by atoms with E-state index in [2.05, 4.69) is 21.4 Å². The van der Waals surface area contributed by atoms with Crippen LogP contribution in [-0.4, -0.2) is 15.9 Å². The molecule has 0 unspecified atom stereocenters. The van der Waals surface area contributed by atoms with Gasteiger partial charge in [-0.3, -0.25) is 10.1 Å². The summed E-state index contributed by atoms with van der Waals surface area (Å²) in [5.74, 6) is -0.217. The van der Waals surface area contributed by atoms with E-state index in [1.54, 1.807) is 6.20 Å². The van der Waals surface area contributed by atoms with Gasteiger partial charge in [-0.05, 0) is 30.9 Å². The Morgan fingerprint density at radius 3 is 3.10 bits per heavy atom. The lowest BCUT2D eigenvalue weighted by Crippen LogP contribution is -2.11. The number of hydrogen-bond donors (Lipinski definition) is 2. The second kappa shape index (κ2) is 4.78. The number of thiophene rings is 1. The van der Waals surface area contributed by atoms with Gasteiger partial charge in [-0.25, -0.2) is 9.97 Å². The summed E-state index contributed by atoms with van der Waals surface area (Å²) in [7, 11) is 0. The third kappa shape index (κ3) is 2.09. The second-order valence-corrected chi connectivity index (χ2v) is 6.83. The highest BCUT2D eigenvalue weighted by atomic mass is 32.1. The molecule has 1 aliphatic carbocycles. The Hall–Kier alpha value is -1.99. The molecule has 0 spiro atoms. The predicted octanol–water partition coefficient (Wildman–Crippen LogP) is 3.08. The van der Waals surface area contributed by atoms with Crippen LogP contribution in [0.4, 0.5) is 10.8 Å². The van der Waals surface area contributed by atoms with Gasteiger partial charge in [0.2, 0.25) is 0 Å². The quantitative estimate of drug-likeness (QED) is 0.761.